The van der Waals surface area contributed by atoms with Crippen LogP contribution in [0.3, 0.4) is 0 Å². The molecule has 0 aromatic heterocycles. The van der Waals surface area contributed by atoms with Crippen LogP contribution >= 0.6 is 0 Å². The number of nitrogens with two attached hydrogens (primary N) is 1. The molecular formula is C6H15NO2. The molecule has 0 bridgehead atoms. The molecule has 9 heavy (non-hydrogen) atoms. The summed E-state index contributed by atoms with van der Waals surface area (Å²) in [6.45, 7) is 2.04. The molecule has 0 aliphatic heterocycles. The van der Waals surface area contributed by atoms with Gasteiger partial charge < -0.3 is 15.9 Å². The lowest BCUT2D eigenvalue weighted by molar-refractivity contribution is -0.0598. The van der Waals surface area contributed by atoms with Gasteiger partial charge in [-0.25, -0.2) is 0 Å². The van der Waals surface area contributed by atoms with E-state index in [0.29, 0.717) is 6.42 Å². The van der Waals surface area contributed by atoms with E-state index in [1.54, 1.807) is 0 Å². The second kappa shape index (κ2) is 4.73. The maximum Gasteiger partial charge on any atom is 0.166 e. The third-order valence-corrected chi connectivity index (χ3v) is 1.27. The Kier molecular flexibility index (Phi) is 4.67. The summed E-state index contributed by atoms with van der Waals surface area (Å²) in [5.74, 6) is 0. The van der Waals surface area contributed by atoms with E-state index in [0.717, 1.165) is 12.8 Å². The molecule has 0 saturated carbocycles. The predicted octanol–water partition coefficient (Wildman–Crippen LogP) is -0.185. The minimum Gasteiger partial charge on any atom is -0.367 e. The van der Waals surface area contributed by atoms with Gasteiger partial charge in [-0.15, -0.1) is 0 Å². The molecule has 0 amide bonds. The van der Waals surface area contributed by atoms with Gasteiger partial charge in [0.2, 0.25) is 0 Å². The quantitative estimate of drug-likeness (QED) is 0.466. The fourth-order valence-corrected chi connectivity index (χ4v) is 0.589. The molecule has 3 heteroatoms. The minimum absolute atomic E-state index is 0.468. The van der Waals surface area contributed by atoms with E-state index in [9.17, 15) is 0 Å². The van der Waals surface area contributed by atoms with Crippen LogP contribution in [0, 0.1) is 0 Å². The van der Waals surface area contributed by atoms with E-state index in [2.05, 4.69) is 0 Å². The molecule has 0 radical (unpaired) electrons. The molecule has 0 heterocycles. The van der Waals surface area contributed by atoms with Crippen LogP contribution in [0.1, 0.15) is 26.2 Å². The fraction of sp³-hybridized carbons (Fsp3) is 1.00. The first kappa shape index (κ1) is 8.88. The van der Waals surface area contributed by atoms with Crippen molar-refractivity contribution >= 4 is 0 Å². The molecule has 1 atom stereocenters. The van der Waals surface area contributed by atoms with Crippen molar-refractivity contribution in [3.8, 4) is 0 Å². The zero-order valence-corrected chi connectivity index (χ0v) is 5.75. The molecule has 4 N–H and O–H groups in total. The normalized spacial score (nSPS) is 14.3. The van der Waals surface area contributed by atoms with Crippen molar-refractivity contribution in [3.05, 3.63) is 0 Å². The highest BCUT2D eigenvalue weighted by molar-refractivity contribution is 4.61. The van der Waals surface area contributed by atoms with Crippen molar-refractivity contribution in [1.29, 1.82) is 0 Å². The molecule has 0 spiro atoms. The molecular weight excluding hydrogens is 118 g/mol. The molecule has 0 saturated heterocycles. The van der Waals surface area contributed by atoms with Gasteiger partial charge in [0.1, 0.15) is 0 Å². The van der Waals surface area contributed by atoms with Gasteiger partial charge in [0.15, 0.2) is 6.29 Å². The molecule has 0 aliphatic carbocycles. The van der Waals surface area contributed by atoms with Gasteiger partial charge in [-0.2, -0.15) is 0 Å². The van der Waals surface area contributed by atoms with Crippen LogP contribution in [0.2, 0.25) is 0 Å². The lowest BCUT2D eigenvalue weighted by Gasteiger charge is -2.11. The SMILES string of the molecule is CCCC[C@H](N)C(O)O. The molecule has 3 nitrogen and oxygen atoms in total. The van der Waals surface area contributed by atoms with Crippen molar-refractivity contribution in [2.24, 2.45) is 5.73 Å². The summed E-state index contributed by atoms with van der Waals surface area (Å²) in [7, 11) is 0. The third kappa shape index (κ3) is 4.39. The highest BCUT2D eigenvalue weighted by Crippen LogP contribution is 1.99. The summed E-state index contributed by atoms with van der Waals surface area (Å²) in [5.41, 5.74) is 5.30. The highest BCUT2D eigenvalue weighted by Gasteiger charge is 2.08. The molecule has 0 rings (SSSR count). The molecule has 0 aromatic carbocycles. The average Bonchev–Trinajstić information content (AvgIpc) is 1.82. The highest BCUT2D eigenvalue weighted by atomic mass is 16.5. The number of hydrogen-bond acceptors (Lipinski definition) is 3. The van der Waals surface area contributed by atoms with Crippen LogP contribution in [0.4, 0.5) is 0 Å². The summed E-state index contributed by atoms with van der Waals surface area (Å²) in [5, 5.41) is 17.0. The van der Waals surface area contributed by atoms with Crippen molar-refractivity contribution in [3.63, 3.8) is 0 Å². The Bertz CT molecular complexity index is 66.1. The standard InChI is InChI=1S/C6H15NO2/c1-2-3-4-5(7)6(8)9/h5-6,8-9H,2-4,7H2,1H3/t5-/m0/s1. The summed E-state index contributed by atoms with van der Waals surface area (Å²) < 4.78 is 0. The van der Waals surface area contributed by atoms with Gasteiger partial charge >= 0.3 is 0 Å². The molecule has 0 unspecified atom stereocenters. The molecule has 56 valence electrons. The Morgan fingerprint density at radius 3 is 2.33 bits per heavy atom. The van der Waals surface area contributed by atoms with E-state index in [1.807, 2.05) is 6.92 Å². The lowest BCUT2D eigenvalue weighted by atomic mass is 10.1. The molecule has 0 aromatic rings. The van der Waals surface area contributed by atoms with E-state index >= 15 is 0 Å². The molecule has 0 aliphatic rings. The van der Waals surface area contributed by atoms with Gasteiger partial charge in [-0.1, -0.05) is 19.8 Å². The third-order valence-electron chi connectivity index (χ3n) is 1.27. The maximum absolute atomic E-state index is 8.48. The zero-order valence-electron chi connectivity index (χ0n) is 5.75. The van der Waals surface area contributed by atoms with Crippen molar-refractivity contribution < 1.29 is 10.2 Å². The number of unbranched alkanes of at least 4 members (excludes halogenated alkanes) is 1. The summed E-state index contributed by atoms with van der Waals surface area (Å²) in [6.07, 6.45) is 1.34. The number of aliphatic hydroxyl groups excluding tert-OH is 1. The van der Waals surface area contributed by atoms with Gasteiger partial charge in [-0.3, -0.25) is 0 Å². The second-order valence-corrected chi connectivity index (χ2v) is 2.22. The van der Waals surface area contributed by atoms with Crippen molar-refractivity contribution in [1.82, 2.24) is 0 Å². The van der Waals surface area contributed by atoms with E-state index < -0.39 is 12.3 Å². The van der Waals surface area contributed by atoms with Crippen LogP contribution in [0.25, 0.3) is 0 Å². The van der Waals surface area contributed by atoms with E-state index in [1.165, 1.54) is 0 Å². The Labute approximate surface area is 55.5 Å². The first-order chi connectivity index (χ1) is 4.18. The topological polar surface area (TPSA) is 66.5 Å². The Morgan fingerprint density at radius 2 is 2.00 bits per heavy atom. The summed E-state index contributed by atoms with van der Waals surface area (Å²) >= 11 is 0. The minimum atomic E-state index is -1.35. The lowest BCUT2D eigenvalue weighted by Crippen LogP contribution is -2.34. The number of rotatable bonds is 4. The van der Waals surface area contributed by atoms with E-state index in [4.69, 9.17) is 15.9 Å². The maximum atomic E-state index is 8.48. The molecule has 0 fully saturated rings. The number of aliphatic hydroxyl groups is 2. The fourth-order valence-electron chi connectivity index (χ4n) is 0.589. The Morgan fingerprint density at radius 1 is 1.44 bits per heavy atom. The van der Waals surface area contributed by atoms with Gasteiger partial charge in [0, 0.05) is 0 Å². The monoisotopic (exact) mass is 133 g/mol. The Hall–Kier alpha value is -0.120. The first-order valence-electron chi connectivity index (χ1n) is 3.30. The zero-order chi connectivity index (χ0) is 7.28. The van der Waals surface area contributed by atoms with Crippen LogP contribution in [-0.2, 0) is 0 Å². The Balaban J connectivity index is 3.16. The summed E-state index contributed by atoms with van der Waals surface area (Å²) in [4.78, 5) is 0. The van der Waals surface area contributed by atoms with Crippen molar-refractivity contribution in [2.75, 3.05) is 0 Å². The predicted molar refractivity (Wildman–Crippen MR) is 35.7 cm³/mol. The van der Waals surface area contributed by atoms with Gasteiger partial charge in [-0.05, 0) is 6.42 Å². The van der Waals surface area contributed by atoms with E-state index in [-0.39, 0.29) is 0 Å². The van der Waals surface area contributed by atoms with Crippen LogP contribution < -0.4 is 5.73 Å². The average molecular weight is 133 g/mol. The van der Waals surface area contributed by atoms with Gasteiger partial charge in [0.05, 0.1) is 6.04 Å². The largest absolute Gasteiger partial charge is 0.367 e. The van der Waals surface area contributed by atoms with Crippen LogP contribution in [0.15, 0.2) is 0 Å². The summed E-state index contributed by atoms with van der Waals surface area (Å²) in [6, 6.07) is -0.468. The number of hydrogen-bond donors (Lipinski definition) is 3. The van der Waals surface area contributed by atoms with Crippen LogP contribution in [-0.4, -0.2) is 22.5 Å². The van der Waals surface area contributed by atoms with Crippen LogP contribution in [0.5, 0.6) is 0 Å². The second-order valence-electron chi connectivity index (χ2n) is 2.22. The van der Waals surface area contributed by atoms with Gasteiger partial charge in [0.25, 0.3) is 0 Å². The smallest absolute Gasteiger partial charge is 0.166 e. The van der Waals surface area contributed by atoms with Crippen molar-refractivity contribution in [2.45, 2.75) is 38.5 Å². The first-order valence-corrected chi connectivity index (χ1v) is 3.30.